The van der Waals surface area contributed by atoms with Crippen molar-refractivity contribution < 1.29 is 14.3 Å². The van der Waals surface area contributed by atoms with E-state index in [-0.39, 0.29) is 11.9 Å². The monoisotopic (exact) mass is 355 g/mol. The highest BCUT2D eigenvalue weighted by Crippen LogP contribution is 2.23. The molecule has 4 nitrogen and oxygen atoms in total. The van der Waals surface area contributed by atoms with E-state index in [0.717, 1.165) is 17.7 Å². The first kappa shape index (κ1) is 19.8. The molecule has 0 aliphatic carbocycles. The summed E-state index contributed by atoms with van der Waals surface area (Å²) in [4.78, 5) is 12.8. The number of ether oxygens (including phenoxy) is 2. The van der Waals surface area contributed by atoms with Crippen LogP contribution in [0, 0.1) is 5.92 Å². The molecule has 26 heavy (non-hydrogen) atoms. The van der Waals surface area contributed by atoms with Crippen LogP contribution in [0.1, 0.15) is 45.2 Å². The molecule has 1 N–H and O–H groups in total. The molecule has 0 saturated carbocycles. The molecule has 2 rings (SSSR count). The Morgan fingerprint density at radius 1 is 1.00 bits per heavy atom. The highest BCUT2D eigenvalue weighted by atomic mass is 16.5. The van der Waals surface area contributed by atoms with Gasteiger partial charge in [0.05, 0.1) is 13.2 Å². The lowest BCUT2D eigenvalue weighted by Gasteiger charge is -2.24. The van der Waals surface area contributed by atoms with E-state index < -0.39 is 6.10 Å². The van der Waals surface area contributed by atoms with Crippen LogP contribution in [-0.4, -0.2) is 19.1 Å². The zero-order chi connectivity index (χ0) is 18.9. The minimum Gasteiger partial charge on any atom is -0.497 e. The van der Waals surface area contributed by atoms with Crippen molar-refractivity contribution in [3.05, 3.63) is 60.2 Å². The lowest BCUT2D eigenvalue weighted by atomic mass is 9.96. The molecule has 0 aliphatic rings. The van der Waals surface area contributed by atoms with Crippen molar-refractivity contribution in [1.82, 2.24) is 5.32 Å². The molecule has 1 amide bonds. The van der Waals surface area contributed by atoms with E-state index in [0.29, 0.717) is 18.1 Å². The molecule has 0 bridgehead atoms. The molecule has 2 aromatic carbocycles. The first-order valence-electron chi connectivity index (χ1n) is 9.19. The lowest BCUT2D eigenvalue weighted by Crippen LogP contribution is -2.40. The predicted molar refractivity (Wildman–Crippen MR) is 104 cm³/mol. The summed E-state index contributed by atoms with van der Waals surface area (Å²) >= 11 is 0. The molecule has 0 saturated heterocycles. The van der Waals surface area contributed by atoms with E-state index in [1.165, 1.54) is 0 Å². The fourth-order valence-electron chi connectivity index (χ4n) is 2.84. The Bertz CT molecular complexity index is 668. The highest BCUT2D eigenvalue weighted by molar-refractivity contribution is 5.81. The third-order valence-electron chi connectivity index (χ3n) is 4.23. The largest absolute Gasteiger partial charge is 0.497 e. The number of benzene rings is 2. The average molecular weight is 355 g/mol. The van der Waals surface area contributed by atoms with Crippen LogP contribution < -0.4 is 14.8 Å². The Kier molecular flexibility index (Phi) is 7.52. The van der Waals surface area contributed by atoms with Gasteiger partial charge in [-0.05, 0) is 48.6 Å². The van der Waals surface area contributed by atoms with Crippen LogP contribution in [0.5, 0.6) is 11.5 Å². The molecule has 2 atom stereocenters. The Labute approximate surface area is 156 Å². The van der Waals surface area contributed by atoms with Crippen LogP contribution in [0.15, 0.2) is 54.6 Å². The summed E-state index contributed by atoms with van der Waals surface area (Å²) in [5.41, 5.74) is 1.12. The van der Waals surface area contributed by atoms with E-state index in [9.17, 15) is 4.79 Å². The van der Waals surface area contributed by atoms with Gasteiger partial charge in [-0.1, -0.05) is 51.1 Å². The molecule has 0 aromatic heterocycles. The van der Waals surface area contributed by atoms with Crippen molar-refractivity contribution in [2.75, 3.05) is 7.11 Å². The van der Waals surface area contributed by atoms with Gasteiger partial charge >= 0.3 is 0 Å². The second-order valence-electron chi connectivity index (χ2n) is 6.79. The van der Waals surface area contributed by atoms with Gasteiger partial charge in [-0.2, -0.15) is 0 Å². The molecular weight excluding hydrogens is 326 g/mol. The molecule has 0 radical (unpaired) electrons. The van der Waals surface area contributed by atoms with Crippen LogP contribution in [0.4, 0.5) is 0 Å². The van der Waals surface area contributed by atoms with Crippen LogP contribution >= 0.6 is 0 Å². The summed E-state index contributed by atoms with van der Waals surface area (Å²) < 4.78 is 11.1. The van der Waals surface area contributed by atoms with Crippen LogP contribution in [-0.2, 0) is 4.79 Å². The van der Waals surface area contributed by atoms with Gasteiger partial charge in [-0.25, -0.2) is 0 Å². The van der Waals surface area contributed by atoms with Crippen molar-refractivity contribution in [3.8, 4) is 11.5 Å². The SMILES string of the molecule is CC[C@@H](Oc1ccc(OC)cc1)C(=O)N[C@H](CC(C)C)c1ccccc1. The highest BCUT2D eigenvalue weighted by Gasteiger charge is 2.23. The average Bonchev–Trinajstić information content (AvgIpc) is 2.66. The van der Waals surface area contributed by atoms with E-state index in [1.807, 2.05) is 49.4 Å². The van der Waals surface area contributed by atoms with Gasteiger partial charge < -0.3 is 14.8 Å². The summed E-state index contributed by atoms with van der Waals surface area (Å²) in [5, 5.41) is 3.17. The Morgan fingerprint density at radius 3 is 2.15 bits per heavy atom. The van der Waals surface area contributed by atoms with Crippen molar-refractivity contribution in [1.29, 1.82) is 0 Å². The summed E-state index contributed by atoms with van der Waals surface area (Å²) in [6.45, 7) is 6.27. The Balaban J connectivity index is 2.07. The number of carbonyl (C=O) groups excluding carboxylic acids is 1. The van der Waals surface area contributed by atoms with Crippen LogP contribution in [0.25, 0.3) is 0 Å². The smallest absolute Gasteiger partial charge is 0.261 e. The van der Waals surface area contributed by atoms with Crippen molar-refractivity contribution >= 4 is 5.91 Å². The molecular formula is C22H29NO3. The first-order chi connectivity index (χ1) is 12.5. The topological polar surface area (TPSA) is 47.6 Å². The fourth-order valence-corrected chi connectivity index (χ4v) is 2.84. The number of methoxy groups -OCH3 is 1. The number of rotatable bonds is 9. The summed E-state index contributed by atoms with van der Waals surface area (Å²) in [5.74, 6) is 1.81. The van der Waals surface area contributed by atoms with Crippen LogP contribution in [0.3, 0.4) is 0 Å². The number of hydrogen-bond acceptors (Lipinski definition) is 3. The predicted octanol–water partition coefficient (Wildman–Crippen LogP) is 4.76. The zero-order valence-corrected chi connectivity index (χ0v) is 16.1. The minimum atomic E-state index is -0.526. The minimum absolute atomic E-state index is 0.0165. The second kappa shape index (κ2) is 9.85. The summed E-state index contributed by atoms with van der Waals surface area (Å²) in [6.07, 6.45) is 0.956. The Morgan fingerprint density at radius 2 is 1.62 bits per heavy atom. The van der Waals surface area contributed by atoms with Crippen molar-refractivity contribution in [2.24, 2.45) is 5.92 Å². The quantitative estimate of drug-likeness (QED) is 0.706. The maximum Gasteiger partial charge on any atom is 0.261 e. The van der Waals surface area contributed by atoms with E-state index >= 15 is 0 Å². The van der Waals surface area contributed by atoms with E-state index in [2.05, 4.69) is 31.3 Å². The number of amides is 1. The molecule has 0 aliphatic heterocycles. The molecule has 140 valence electrons. The van der Waals surface area contributed by atoms with Gasteiger partial charge in [-0.3, -0.25) is 4.79 Å². The third-order valence-corrected chi connectivity index (χ3v) is 4.23. The maximum atomic E-state index is 12.8. The normalized spacial score (nSPS) is 13.1. The molecule has 0 fully saturated rings. The van der Waals surface area contributed by atoms with Gasteiger partial charge in [0.2, 0.25) is 0 Å². The van der Waals surface area contributed by atoms with Gasteiger partial charge in [0.25, 0.3) is 5.91 Å². The van der Waals surface area contributed by atoms with Gasteiger partial charge in [0.1, 0.15) is 11.5 Å². The first-order valence-corrected chi connectivity index (χ1v) is 9.19. The van der Waals surface area contributed by atoms with Crippen molar-refractivity contribution in [2.45, 2.75) is 45.8 Å². The Hall–Kier alpha value is -2.49. The molecule has 0 unspecified atom stereocenters. The summed E-state index contributed by atoms with van der Waals surface area (Å²) in [7, 11) is 1.62. The van der Waals surface area contributed by atoms with Gasteiger partial charge in [-0.15, -0.1) is 0 Å². The van der Waals surface area contributed by atoms with Gasteiger partial charge in [0, 0.05) is 0 Å². The molecule has 4 heteroatoms. The molecule has 0 spiro atoms. The molecule has 0 heterocycles. The lowest BCUT2D eigenvalue weighted by molar-refractivity contribution is -0.129. The number of nitrogens with one attached hydrogen (secondary N) is 1. The van der Waals surface area contributed by atoms with Gasteiger partial charge in [0.15, 0.2) is 6.10 Å². The fraction of sp³-hybridized carbons (Fsp3) is 0.409. The van der Waals surface area contributed by atoms with Crippen LogP contribution in [0.2, 0.25) is 0 Å². The van der Waals surface area contributed by atoms with E-state index in [4.69, 9.17) is 9.47 Å². The number of hydrogen-bond donors (Lipinski definition) is 1. The third kappa shape index (κ3) is 5.80. The maximum absolute atomic E-state index is 12.8. The number of carbonyl (C=O) groups is 1. The summed E-state index contributed by atoms with van der Waals surface area (Å²) in [6, 6.07) is 17.4. The van der Waals surface area contributed by atoms with Crippen molar-refractivity contribution in [3.63, 3.8) is 0 Å². The second-order valence-corrected chi connectivity index (χ2v) is 6.79. The van der Waals surface area contributed by atoms with E-state index in [1.54, 1.807) is 7.11 Å². The standard InChI is InChI=1S/C22H29NO3/c1-5-21(26-19-13-11-18(25-4)12-14-19)22(24)23-20(15-16(2)3)17-9-7-6-8-10-17/h6-14,16,20-21H,5,15H2,1-4H3,(H,23,24)/t20-,21-/m1/s1. The zero-order valence-electron chi connectivity index (χ0n) is 16.1. The molecule has 2 aromatic rings.